The Morgan fingerprint density at radius 1 is 0.526 bits per heavy atom. The molecule has 1 aliphatic heterocycles. The summed E-state index contributed by atoms with van der Waals surface area (Å²) in [6.45, 7) is 0. The fraction of sp³-hybridized carbons (Fsp3) is 0. The molecule has 0 radical (unpaired) electrons. The number of thiazole rings is 2. The molecule has 0 N–H and O–H groups in total. The first-order valence-electron chi connectivity index (χ1n) is 12.3. The summed E-state index contributed by atoms with van der Waals surface area (Å²) in [5.74, 6) is 1.66. The van der Waals surface area contributed by atoms with E-state index in [1.54, 1.807) is 22.7 Å². The third kappa shape index (κ3) is 3.49. The average molecular weight is 526 g/mol. The number of anilines is 3. The standard InChI is InChI=1S/C32H19N3OS2/c1-7-15-29-23(9-1)33-31(37-29)20-17-21(32-34-24-10-2-8-16-30(24)38-32)19-22(18-20)35-25-11-3-5-13-27(25)36-28-14-6-4-12-26(28)35/h1-19H. The SMILES string of the molecule is c1ccc2c(c1)Oc1ccccc1N2c1cc(-c2nc3ccccc3s2)cc(-c2nc3ccccc3s2)c1. The summed E-state index contributed by atoms with van der Waals surface area (Å²) < 4.78 is 8.63. The number of aromatic nitrogens is 2. The lowest BCUT2D eigenvalue weighted by Gasteiger charge is -2.33. The molecule has 7 aromatic rings. The maximum atomic E-state index is 6.28. The Bertz CT molecular complexity index is 1790. The van der Waals surface area contributed by atoms with Gasteiger partial charge in [0, 0.05) is 16.8 Å². The third-order valence-electron chi connectivity index (χ3n) is 6.69. The van der Waals surface area contributed by atoms with Crippen LogP contribution < -0.4 is 9.64 Å². The first-order valence-corrected chi connectivity index (χ1v) is 14.0. The summed E-state index contributed by atoms with van der Waals surface area (Å²) in [6, 6.07) is 39.6. The van der Waals surface area contributed by atoms with E-state index in [0.717, 1.165) is 60.7 Å². The smallest absolute Gasteiger partial charge is 0.151 e. The van der Waals surface area contributed by atoms with Crippen molar-refractivity contribution in [2.75, 3.05) is 4.90 Å². The Morgan fingerprint density at radius 2 is 1.00 bits per heavy atom. The zero-order valence-corrected chi connectivity index (χ0v) is 21.7. The van der Waals surface area contributed by atoms with Gasteiger partial charge in [-0.3, -0.25) is 0 Å². The minimum Gasteiger partial charge on any atom is -0.453 e. The molecule has 4 nitrogen and oxygen atoms in total. The van der Waals surface area contributed by atoms with Gasteiger partial charge in [0.2, 0.25) is 0 Å². The fourth-order valence-corrected chi connectivity index (χ4v) is 6.87. The molecule has 1 aliphatic rings. The minimum atomic E-state index is 0.832. The molecule has 38 heavy (non-hydrogen) atoms. The number of para-hydroxylation sites is 6. The molecule has 180 valence electrons. The van der Waals surface area contributed by atoms with Crippen molar-refractivity contribution >= 4 is 60.2 Å². The van der Waals surface area contributed by atoms with Crippen molar-refractivity contribution in [3.63, 3.8) is 0 Å². The van der Waals surface area contributed by atoms with Crippen LogP contribution in [0.5, 0.6) is 11.5 Å². The lowest BCUT2D eigenvalue weighted by molar-refractivity contribution is 0.477. The highest BCUT2D eigenvalue weighted by molar-refractivity contribution is 7.22. The number of nitrogens with zero attached hydrogens (tertiary/aromatic N) is 3. The first kappa shape index (κ1) is 21.6. The molecule has 2 aromatic heterocycles. The zero-order valence-electron chi connectivity index (χ0n) is 20.0. The number of benzene rings is 5. The second kappa shape index (κ2) is 8.52. The normalized spacial score (nSPS) is 12.4. The highest BCUT2D eigenvalue weighted by Gasteiger charge is 2.26. The monoisotopic (exact) mass is 525 g/mol. The van der Waals surface area contributed by atoms with Crippen molar-refractivity contribution in [3.05, 3.63) is 115 Å². The maximum absolute atomic E-state index is 6.28. The van der Waals surface area contributed by atoms with Crippen molar-refractivity contribution in [2.24, 2.45) is 0 Å². The van der Waals surface area contributed by atoms with Crippen molar-refractivity contribution in [1.82, 2.24) is 9.97 Å². The summed E-state index contributed by atoms with van der Waals surface area (Å²) in [7, 11) is 0. The quantitative estimate of drug-likeness (QED) is 0.230. The molecular formula is C32H19N3OS2. The van der Waals surface area contributed by atoms with E-state index in [1.165, 1.54) is 9.40 Å². The van der Waals surface area contributed by atoms with Gasteiger partial charge < -0.3 is 9.64 Å². The van der Waals surface area contributed by atoms with E-state index in [9.17, 15) is 0 Å². The predicted octanol–water partition coefficient (Wildman–Crippen LogP) is 9.82. The number of rotatable bonds is 3. The van der Waals surface area contributed by atoms with Gasteiger partial charge in [-0.05, 0) is 66.7 Å². The molecule has 0 unspecified atom stereocenters. The molecule has 0 saturated carbocycles. The van der Waals surface area contributed by atoms with E-state index in [0.29, 0.717) is 0 Å². The Labute approximate surface area is 227 Å². The van der Waals surface area contributed by atoms with Crippen LogP contribution in [0.3, 0.4) is 0 Å². The number of ether oxygens (including phenoxy) is 1. The highest BCUT2D eigenvalue weighted by Crippen LogP contribution is 2.51. The molecule has 0 fully saturated rings. The first-order chi connectivity index (χ1) is 18.8. The molecular weight excluding hydrogens is 507 g/mol. The van der Waals surface area contributed by atoms with Crippen molar-refractivity contribution in [1.29, 1.82) is 0 Å². The predicted molar refractivity (Wildman–Crippen MR) is 158 cm³/mol. The third-order valence-corrected chi connectivity index (χ3v) is 8.86. The van der Waals surface area contributed by atoms with E-state index in [1.807, 2.05) is 36.4 Å². The largest absolute Gasteiger partial charge is 0.453 e. The fourth-order valence-electron chi connectivity index (χ4n) is 4.96. The summed E-state index contributed by atoms with van der Waals surface area (Å²) >= 11 is 3.43. The molecule has 0 amide bonds. The van der Waals surface area contributed by atoms with Crippen LogP contribution in [0.1, 0.15) is 0 Å². The van der Waals surface area contributed by atoms with Crippen LogP contribution in [0.25, 0.3) is 41.6 Å². The van der Waals surface area contributed by atoms with Crippen LogP contribution in [-0.2, 0) is 0 Å². The van der Waals surface area contributed by atoms with E-state index in [-0.39, 0.29) is 0 Å². The minimum absolute atomic E-state index is 0.832. The number of hydrogen-bond acceptors (Lipinski definition) is 6. The van der Waals surface area contributed by atoms with Gasteiger partial charge in [-0.15, -0.1) is 22.7 Å². The van der Waals surface area contributed by atoms with Crippen LogP contribution >= 0.6 is 22.7 Å². The van der Waals surface area contributed by atoms with Crippen molar-refractivity contribution in [2.45, 2.75) is 0 Å². The molecule has 5 aromatic carbocycles. The molecule has 8 rings (SSSR count). The zero-order chi connectivity index (χ0) is 25.1. The van der Waals surface area contributed by atoms with Gasteiger partial charge >= 0.3 is 0 Å². The van der Waals surface area contributed by atoms with E-state index >= 15 is 0 Å². The topological polar surface area (TPSA) is 38.2 Å². The molecule has 0 saturated heterocycles. The Balaban J connectivity index is 1.39. The van der Waals surface area contributed by atoms with Crippen LogP contribution in [0.2, 0.25) is 0 Å². The van der Waals surface area contributed by atoms with E-state index < -0.39 is 0 Å². The van der Waals surface area contributed by atoms with Crippen LogP contribution in [0.4, 0.5) is 17.1 Å². The van der Waals surface area contributed by atoms with Crippen molar-refractivity contribution in [3.8, 4) is 32.6 Å². The lowest BCUT2D eigenvalue weighted by atomic mass is 10.1. The average Bonchev–Trinajstić information content (AvgIpc) is 3.60. The Hall–Kier alpha value is -4.52. The summed E-state index contributed by atoms with van der Waals surface area (Å²) in [5.41, 5.74) is 7.21. The summed E-state index contributed by atoms with van der Waals surface area (Å²) in [6.07, 6.45) is 0. The van der Waals surface area contributed by atoms with Gasteiger partial charge in [0.05, 0.1) is 31.8 Å². The summed E-state index contributed by atoms with van der Waals surface area (Å²) in [4.78, 5) is 12.3. The maximum Gasteiger partial charge on any atom is 0.151 e. The van der Waals surface area contributed by atoms with Gasteiger partial charge in [-0.1, -0.05) is 48.5 Å². The molecule has 0 aliphatic carbocycles. The second-order valence-electron chi connectivity index (χ2n) is 9.11. The Kier molecular flexibility index (Phi) is 4.83. The van der Waals surface area contributed by atoms with Crippen LogP contribution in [0.15, 0.2) is 115 Å². The number of fused-ring (bicyclic) bond motifs is 4. The number of hydrogen-bond donors (Lipinski definition) is 0. The van der Waals surface area contributed by atoms with Gasteiger partial charge in [-0.2, -0.15) is 0 Å². The van der Waals surface area contributed by atoms with Gasteiger partial charge in [-0.25, -0.2) is 9.97 Å². The van der Waals surface area contributed by atoms with Crippen molar-refractivity contribution < 1.29 is 4.74 Å². The highest BCUT2D eigenvalue weighted by atomic mass is 32.1. The molecule has 0 atom stereocenters. The van der Waals surface area contributed by atoms with Crippen LogP contribution in [-0.4, -0.2) is 9.97 Å². The molecule has 3 heterocycles. The van der Waals surface area contributed by atoms with E-state index in [4.69, 9.17) is 14.7 Å². The summed E-state index contributed by atoms with van der Waals surface area (Å²) in [5, 5.41) is 1.98. The van der Waals surface area contributed by atoms with Gasteiger partial charge in [0.1, 0.15) is 10.0 Å². The van der Waals surface area contributed by atoms with Crippen LogP contribution in [0, 0.1) is 0 Å². The second-order valence-corrected chi connectivity index (χ2v) is 11.2. The van der Waals surface area contributed by atoms with E-state index in [2.05, 4.69) is 83.8 Å². The lowest BCUT2D eigenvalue weighted by Crippen LogP contribution is -2.15. The molecule has 0 bridgehead atoms. The molecule has 6 heteroatoms. The van der Waals surface area contributed by atoms with Gasteiger partial charge in [0.25, 0.3) is 0 Å². The molecule has 0 spiro atoms. The Morgan fingerprint density at radius 3 is 1.53 bits per heavy atom. The van der Waals surface area contributed by atoms with Gasteiger partial charge in [0.15, 0.2) is 11.5 Å².